The molecular weight excluding hydrogens is 669 g/mol. The van der Waals surface area contributed by atoms with Crippen LogP contribution in [0.2, 0.25) is 0 Å². The number of aromatic nitrogens is 2. The number of carbonyl (C=O) groups excluding carboxylic acids is 4. The number of methoxy groups -OCH3 is 2. The van der Waals surface area contributed by atoms with Crippen molar-refractivity contribution in [1.29, 1.82) is 0 Å². The molecule has 4 rings (SSSR count). The second-order valence-electron chi connectivity index (χ2n) is 11.1. The maximum atomic E-state index is 13.0. The number of ether oxygens (including phenoxy) is 2. The molecule has 260 valence electrons. The Labute approximate surface area is 292 Å². The molecule has 0 spiro atoms. The number of amides is 2. The van der Waals surface area contributed by atoms with Crippen LogP contribution in [-0.2, 0) is 23.9 Å². The molecule has 49 heavy (non-hydrogen) atoms. The summed E-state index contributed by atoms with van der Waals surface area (Å²) in [5, 5.41) is 14.0. The second-order valence-corrected chi connectivity index (χ2v) is 13.3. The van der Waals surface area contributed by atoms with Gasteiger partial charge >= 0.3 is 11.9 Å². The van der Waals surface area contributed by atoms with Crippen molar-refractivity contribution >= 4 is 73.6 Å². The lowest BCUT2D eigenvalue weighted by Gasteiger charge is -2.21. The number of hydrogen-bond acceptors (Lipinski definition) is 11. The van der Waals surface area contributed by atoms with E-state index in [4.69, 9.17) is 19.4 Å². The van der Waals surface area contributed by atoms with Crippen molar-refractivity contribution < 1.29 is 38.6 Å². The Kier molecular flexibility index (Phi) is 14.8. The predicted octanol–water partition coefficient (Wildman–Crippen LogP) is 5.92. The summed E-state index contributed by atoms with van der Waals surface area (Å²) in [5.74, 6) is -1.94. The molecule has 2 amide bonds. The van der Waals surface area contributed by atoms with Gasteiger partial charge in [0.15, 0.2) is 0 Å². The van der Waals surface area contributed by atoms with Crippen LogP contribution in [0, 0.1) is 11.8 Å². The first-order chi connectivity index (χ1) is 23.5. The number of carboxylic acid groups (broad SMARTS) is 1. The van der Waals surface area contributed by atoms with E-state index in [0.29, 0.717) is 24.0 Å². The van der Waals surface area contributed by atoms with Crippen molar-refractivity contribution in [3.05, 3.63) is 72.1 Å². The maximum absolute atomic E-state index is 13.0. The van der Waals surface area contributed by atoms with E-state index in [-0.39, 0.29) is 18.3 Å². The normalized spacial score (nSPS) is 13.2. The Bertz CT molecular complexity index is 1680. The van der Waals surface area contributed by atoms with Crippen molar-refractivity contribution in [2.75, 3.05) is 14.2 Å². The zero-order chi connectivity index (χ0) is 36.1. The Balaban J connectivity index is 0.00000209. The monoisotopic (exact) mass is 708 g/mol. The Hall–Kier alpha value is -4.69. The molecule has 2 heterocycles. The highest BCUT2D eigenvalue weighted by molar-refractivity contribution is 8.76. The Morgan fingerprint density at radius 1 is 0.755 bits per heavy atom. The largest absolute Gasteiger partial charge is 0.483 e. The van der Waals surface area contributed by atoms with Crippen molar-refractivity contribution in [3.63, 3.8) is 0 Å². The fraction of sp³-hybridized carbons (Fsp3) is 0.343. The van der Waals surface area contributed by atoms with Crippen LogP contribution in [0.5, 0.6) is 0 Å². The van der Waals surface area contributed by atoms with Crippen LogP contribution in [0.4, 0.5) is 0 Å². The maximum Gasteiger partial charge on any atom is 0.328 e. The predicted molar refractivity (Wildman–Crippen MR) is 189 cm³/mol. The highest BCUT2D eigenvalue weighted by Crippen LogP contribution is 2.42. The van der Waals surface area contributed by atoms with Crippen LogP contribution in [-0.4, -0.2) is 71.6 Å². The van der Waals surface area contributed by atoms with Gasteiger partial charge in [-0.2, -0.15) is 0 Å². The fourth-order valence-corrected chi connectivity index (χ4v) is 7.07. The number of esters is 2. The van der Waals surface area contributed by atoms with Crippen molar-refractivity contribution in [3.8, 4) is 0 Å². The fourth-order valence-electron chi connectivity index (χ4n) is 4.78. The number of benzene rings is 2. The number of rotatable bonds is 13. The highest BCUT2D eigenvalue weighted by Gasteiger charge is 2.28. The van der Waals surface area contributed by atoms with E-state index in [1.165, 1.54) is 48.2 Å². The van der Waals surface area contributed by atoms with E-state index in [0.717, 1.165) is 31.6 Å². The minimum Gasteiger partial charge on any atom is -0.483 e. The molecule has 0 aliphatic carbocycles. The summed E-state index contributed by atoms with van der Waals surface area (Å²) in [7, 11) is 5.63. The molecule has 3 N–H and O–H groups in total. The summed E-state index contributed by atoms with van der Waals surface area (Å²) in [6, 6.07) is 13.5. The van der Waals surface area contributed by atoms with Crippen LogP contribution in [0.3, 0.4) is 0 Å². The quantitative estimate of drug-likeness (QED) is 0.0852. The van der Waals surface area contributed by atoms with E-state index in [9.17, 15) is 19.2 Å². The number of pyridine rings is 2. The van der Waals surface area contributed by atoms with Gasteiger partial charge in [0.1, 0.15) is 12.1 Å². The summed E-state index contributed by atoms with van der Waals surface area (Å²) in [5.41, 5.74) is 2.16. The number of nitrogens with one attached hydrogen (secondary N) is 2. The van der Waals surface area contributed by atoms with Gasteiger partial charge in [-0.05, 0) is 36.1 Å². The van der Waals surface area contributed by atoms with Gasteiger partial charge in [-0.3, -0.25) is 24.4 Å². The molecule has 0 bridgehead atoms. The number of carbonyl (C=O) groups is 5. The lowest BCUT2D eigenvalue weighted by atomic mass is 9.99. The van der Waals surface area contributed by atoms with Gasteiger partial charge < -0.3 is 25.2 Å². The zero-order valence-corrected chi connectivity index (χ0v) is 29.7. The summed E-state index contributed by atoms with van der Waals surface area (Å²) in [6.07, 6.45) is 4.42. The lowest BCUT2D eigenvalue weighted by molar-refractivity contribution is -0.145. The zero-order valence-electron chi connectivity index (χ0n) is 28.1. The van der Waals surface area contributed by atoms with Crippen LogP contribution in [0.1, 0.15) is 61.3 Å². The highest BCUT2D eigenvalue weighted by atomic mass is 33.1. The van der Waals surface area contributed by atoms with Crippen LogP contribution in [0.15, 0.2) is 70.7 Å². The topological polar surface area (TPSA) is 174 Å². The summed E-state index contributed by atoms with van der Waals surface area (Å²) in [6.45, 7) is 7.42. The van der Waals surface area contributed by atoms with Gasteiger partial charge in [-0.25, -0.2) is 9.59 Å². The summed E-state index contributed by atoms with van der Waals surface area (Å²) in [4.78, 5) is 70.0. The van der Waals surface area contributed by atoms with Gasteiger partial charge in [0.05, 0.1) is 36.4 Å². The first kappa shape index (κ1) is 38.8. The van der Waals surface area contributed by atoms with Gasteiger partial charge in [-0.1, -0.05) is 86.4 Å². The smallest absolute Gasteiger partial charge is 0.328 e. The van der Waals surface area contributed by atoms with E-state index < -0.39 is 35.8 Å². The van der Waals surface area contributed by atoms with Gasteiger partial charge in [0, 0.05) is 33.0 Å². The van der Waals surface area contributed by atoms with Crippen molar-refractivity contribution in [2.24, 2.45) is 11.8 Å². The molecule has 0 aliphatic heterocycles. The molecule has 2 aromatic carbocycles. The van der Waals surface area contributed by atoms with Gasteiger partial charge in [0.2, 0.25) is 0 Å². The molecule has 12 nitrogen and oxygen atoms in total. The van der Waals surface area contributed by atoms with Crippen LogP contribution >= 0.6 is 21.6 Å². The average molecular weight is 709 g/mol. The summed E-state index contributed by atoms with van der Waals surface area (Å²) < 4.78 is 9.78. The number of fused-ring (bicyclic) bond motifs is 2. The molecule has 0 aliphatic rings. The lowest BCUT2D eigenvalue weighted by Crippen LogP contribution is -2.45. The molecule has 0 saturated heterocycles. The SMILES string of the molecule is CC[C@@H](C)[C@H](NC(=O)c1cnc2c(SSc3cccc4cc(C(=O)N[C@H](C(=O)OC)[C@@H](C)CC)cnc34)cccc2c1)C(=O)OC.O=CO. The molecule has 0 saturated carbocycles. The Morgan fingerprint density at radius 2 is 1.12 bits per heavy atom. The van der Waals surface area contributed by atoms with Gasteiger partial charge in [0.25, 0.3) is 18.3 Å². The molecule has 14 heteroatoms. The van der Waals surface area contributed by atoms with Crippen molar-refractivity contribution in [1.82, 2.24) is 20.6 Å². The number of para-hydroxylation sites is 2. The standard InChI is InChI=1S/C34H38N4O6S2.CH2O2/c1-7-19(3)27(33(41)43-5)37-31(39)23-15-21-11-9-13-25(29(21)35-17-23)45-46-26-14-10-12-22-16-24(18-36-30(22)26)32(40)38-28(20(4)8-2)34(42)44-6;2-1-3/h9-20,27-28H,7-8H2,1-6H3,(H,37,39)(H,38,40);1H,(H,2,3)/t19-,20+,27-,28-;/m0./s1. The summed E-state index contributed by atoms with van der Waals surface area (Å²) >= 11 is 0. The van der Waals surface area contributed by atoms with E-state index in [1.807, 2.05) is 64.1 Å². The minimum absolute atomic E-state index is 0.0920. The number of nitrogens with zero attached hydrogens (tertiary/aromatic N) is 2. The third-order valence-corrected chi connectivity index (χ3v) is 10.4. The number of hydrogen-bond donors (Lipinski definition) is 3. The second kappa shape index (κ2) is 18.7. The van der Waals surface area contributed by atoms with Crippen LogP contribution < -0.4 is 10.6 Å². The minimum atomic E-state index is -0.752. The molecule has 0 unspecified atom stereocenters. The van der Waals surface area contributed by atoms with E-state index in [2.05, 4.69) is 20.6 Å². The van der Waals surface area contributed by atoms with Gasteiger partial charge in [-0.15, -0.1) is 0 Å². The van der Waals surface area contributed by atoms with E-state index in [1.54, 1.807) is 12.1 Å². The molecule has 0 radical (unpaired) electrons. The first-order valence-electron chi connectivity index (χ1n) is 15.5. The Morgan fingerprint density at radius 3 is 1.45 bits per heavy atom. The third kappa shape index (κ3) is 9.92. The first-order valence-corrected chi connectivity index (χ1v) is 17.7. The molecule has 2 aromatic heterocycles. The van der Waals surface area contributed by atoms with E-state index >= 15 is 0 Å². The molecule has 0 fully saturated rings. The molecule has 4 atom stereocenters. The van der Waals surface area contributed by atoms with Crippen molar-refractivity contribution in [2.45, 2.75) is 62.4 Å². The third-order valence-electron chi connectivity index (χ3n) is 8.00. The average Bonchev–Trinajstić information content (AvgIpc) is 3.13. The van der Waals surface area contributed by atoms with Crippen LogP contribution in [0.25, 0.3) is 21.8 Å². The molecule has 4 aromatic rings. The molecular formula is C35H40N4O8S2.